The second-order valence-electron chi connectivity index (χ2n) is 1.58. The molecule has 0 aromatic carbocycles. The van der Waals surface area contributed by atoms with Gasteiger partial charge in [-0.15, -0.1) is 4.33 Å². The average molecular weight is 116 g/mol. The minimum Gasteiger partial charge on any atom is -0.329 e. The van der Waals surface area contributed by atoms with E-state index in [1.807, 2.05) is 0 Å². The van der Waals surface area contributed by atoms with Gasteiger partial charge in [0.05, 0.1) is 16.9 Å². The van der Waals surface area contributed by atoms with Crippen LogP contribution >= 0.6 is 12.0 Å². The van der Waals surface area contributed by atoms with Crippen molar-refractivity contribution in [3.63, 3.8) is 0 Å². The standard InChI is InChI=1S/C4H4O2S/c1-2-4-3(1)5-6-7-4/h1-2H2. The molecule has 0 spiro atoms. The monoisotopic (exact) mass is 116 g/mol. The molecule has 0 aromatic rings. The summed E-state index contributed by atoms with van der Waals surface area (Å²) in [6.45, 7) is 0. The molecule has 0 N–H and O–H groups in total. The lowest BCUT2D eigenvalue weighted by Crippen LogP contribution is -1.95. The molecule has 0 bridgehead atoms. The van der Waals surface area contributed by atoms with E-state index in [4.69, 9.17) is 4.89 Å². The van der Waals surface area contributed by atoms with Gasteiger partial charge in [-0.3, -0.25) is 0 Å². The molecule has 2 aliphatic rings. The first kappa shape index (κ1) is 3.80. The summed E-state index contributed by atoms with van der Waals surface area (Å²) in [5.41, 5.74) is 0. The van der Waals surface area contributed by atoms with Crippen LogP contribution in [-0.2, 0) is 9.22 Å². The molecule has 0 fully saturated rings. The van der Waals surface area contributed by atoms with Crippen molar-refractivity contribution < 1.29 is 9.22 Å². The Labute approximate surface area is 45.6 Å². The van der Waals surface area contributed by atoms with Crippen LogP contribution in [0, 0.1) is 0 Å². The predicted octanol–water partition coefficient (Wildman–Crippen LogP) is 1.60. The van der Waals surface area contributed by atoms with E-state index in [9.17, 15) is 0 Å². The Morgan fingerprint density at radius 3 is 2.71 bits per heavy atom. The molecule has 0 unspecified atom stereocenters. The SMILES string of the molecule is C1CC2=C1OOS2. The summed E-state index contributed by atoms with van der Waals surface area (Å²) in [6.07, 6.45) is 2.22. The van der Waals surface area contributed by atoms with Crippen molar-refractivity contribution >= 4 is 12.0 Å². The molecule has 1 heterocycles. The molecule has 7 heavy (non-hydrogen) atoms. The van der Waals surface area contributed by atoms with E-state index in [-0.39, 0.29) is 0 Å². The van der Waals surface area contributed by atoms with Crippen molar-refractivity contribution in [2.45, 2.75) is 12.8 Å². The molecule has 0 amide bonds. The van der Waals surface area contributed by atoms with Gasteiger partial charge in [-0.05, 0) is 6.42 Å². The van der Waals surface area contributed by atoms with Gasteiger partial charge in [0.1, 0.15) is 0 Å². The maximum absolute atomic E-state index is 4.69. The van der Waals surface area contributed by atoms with Crippen molar-refractivity contribution in [2.24, 2.45) is 0 Å². The van der Waals surface area contributed by atoms with E-state index in [0.29, 0.717) is 0 Å². The molecule has 2 nitrogen and oxygen atoms in total. The Bertz CT molecular complexity index is 116. The van der Waals surface area contributed by atoms with Crippen LogP contribution in [-0.4, -0.2) is 0 Å². The van der Waals surface area contributed by atoms with Crippen molar-refractivity contribution in [1.82, 2.24) is 0 Å². The van der Waals surface area contributed by atoms with E-state index in [0.717, 1.165) is 18.6 Å². The Kier molecular flexibility index (Phi) is 0.635. The van der Waals surface area contributed by atoms with Gasteiger partial charge in [0, 0.05) is 6.42 Å². The second kappa shape index (κ2) is 1.17. The Morgan fingerprint density at radius 1 is 1.43 bits per heavy atom. The van der Waals surface area contributed by atoms with Crippen molar-refractivity contribution in [1.29, 1.82) is 0 Å². The van der Waals surface area contributed by atoms with Crippen LogP contribution in [0.15, 0.2) is 10.7 Å². The Hall–Kier alpha value is -0.150. The zero-order valence-corrected chi connectivity index (χ0v) is 4.46. The van der Waals surface area contributed by atoms with Crippen LogP contribution in [0.5, 0.6) is 0 Å². The van der Waals surface area contributed by atoms with E-state index < -0.39 is 0 Å². The molecule has 38 valence electrons. The van der Waals surface area contributed by atoms with Crippen molar-refractivity contribution in [3.8, 4) is 0 Å². The van der Waals surface area contributed by atoms with E-state index in [1.165, 1.54) is 16.9 Å². The quantitative estimate of drug-likeness (QED) is 0.354. The zero-order chi connectivity index (χ0) is 4.69. The minimum absolute atomic E-state index is 1.05. The average Bonchev–Trinajstić information content (AvgIpc) is 1.85. The molecule has 1 aliphatic carbocycles. The topological polar surface area (TPSA) is 18.5 Å². The van der Waals surface area contributed by atoms with E-state index in [1.54, 1.807) is 0 Å². The third-order valence-electron chi connectivity index (χ3n) is 1.16. The second-order valence-corrected chi connectivity index (χ2v) is 2.38. The first-order chi connectivity index (χ1) is 3.47. The normalized spacial score (nSPS) is 26.3. The molecular weight excluding hydrogens is 112 g/mol. The van der Waals surface area contributed by atoms with Gasteiger partial charge in [-0.25, -0.2) is 0 Å². The fourth-order valence-electron chi connectivity index (χ4n) is 0.605. The fraction of sp³-hybridized carbons (Fsp3) is 0.500. The van der Waals surface area contributed by atoms with E-state index in [2.05, 4.69) is 4.33 Å². The molecular formula is C4H4O2S. The van der Waals surface area contributed by atoms with Gasteiger partial charge in [0.15, 0.2) is 5.76 Å². The maximum Gasteiger partial charge on any atom is 0.156 e. The third kappa shape index (κ3) is 0.393. The molecule has 0 saturated heterocycles. The summed E-state index contributed by atoms with van der Waals surface area (Å²) in [5, 5.41) is 0. The highest BCUT2D eigenvalue weighted by molar-refractivity contribution is 7.98. The lowest BCUT2D eigenvalue weighted by atomic mass is 10.1. The van der Waals surface area contributed by atoms with Gasteiger partial charge < -0.3 is 4.89 Å². The van der Waals surface area contributed by atoms with Crippen molar-refractivity contribution in [2.75, 3.05) is 0 Å². The van der Waals surface area contributed by atoms with Crippen LogP contribution in [0.4, 0.5) is 0 Å². The summed E-state index contributed by atoms with van der Waals surface area (Å²) in [6, 6.07) is 0. The largest absolute Gasteiger partial charge is 0.329 e. The van der Waals surface area contributed by atoms with Crippen LogP contribution < -0.4 is 0 Å². The first-order valence-corrected chi connectivity index (χ1v) is 2.94. The van der Waals surface area contributed by atoms with Crippen LogP contribution in [0.2, 0.25) is 0 Å². The molecule has 0 radical (unpaired) electrons. The van der Waals surface area contributed by atoms with E-state index >= 15 is 0 Å². The molecule has 0 atom stereocenters. The van der Waals surface area contributed by atoms with Crippen LogP contribution in [0.3, 0.4) is 0 Å². The van der Waals surface area contributed by atoms with Crippen LogP contribution in [0.25, 0.3) is 0 Å². The third-order valence-corrected chi connectivity index (χ3v) is 1.93. The summed E-state index contributed by atoms with van der Waals surface area (Å²) in [7, 11) is 0. The Morgan fingerprint density at radius 2 is 2.43 bits per heavy atom. The molecule has 2 rings (SSSR count). The highest BCUT2D eigenvalue weighted by atomic mass is 32.2. The number of rotatable bonds is 0. The minimum atomic E-state index is 1.05. The lowest BCUT2D eigenvalue weighted by molar-refractivity contribution is -0.143. The summed E-state index contributed by atoms with van der Waals surface area (Å²) >= 11 is 1.35. The number of allylic oxidation sites excluding steroid dienone is 2. The lowest BCUT2D eigenvalue weighted by Gasteiger charge is -2.06. The number of hydrogen-bond acceptors (Lipinski definition) is 3. The highest BCUT2D eigenvalue weighted by Crippen LogP contribution is 2.43. The van der Waals surface area contributed by atoms with Gasteiger partial charge in [-0.2, -0.15) is 0 Å². The molecule has 0 saturated carbocycles. The van der Waals surface area contributed by atoms with Gasteiger partial charge in [0.2, 0.25) is 0 Å². The van der Waals surface area contributed by atoms with Gasteiger partial charge in [-0.1, -0.05) is 0 Å². The van der Waals surface area contributed by atoms with Crippen LogP contribution in [0.1, 0.15) is 12.8 Å². The van der Waals surface area contributed by atoms with Crippen molar-refractivity contribution in [3.05, 3.63) is 10.7 Å². The molecule has 0 aromatic heterocycles. The summed E-state index contributed by atoms with van der Waals surface area (Å²) in [5.74, 6) is 1.05. The van der Waals surface area contributed by atoms with Gasteiger partial charge >= 0.3 is 0 Å². The first-order valence-electron chi connectivity index (χ1n) is 2.20. The fourth-order valence-corrected chi connectivity index (χ4v) is 1.22. The summed E-state index contributed by atoms with van der Waals surface area (Å²) in [4.78, 5) is 5.97. The smallest absolute Gasteiger partial charge is 0.156 e. The summed E-state index contributed by atoms with van der Waals surface area (Å²) < 4.78 is 4.57. The zero-order valence-electron chi connectivity index (χ0n) is 3.64. The molecule has 1 aliphatic heterocycles. The van der Waals surface area contributed by atoms with Gasteiger partial charge in [0.25, 0.3) is 0 Å². The predicted molar refractivity (Wildman–Crippen MR) is 26.0 cm³/mol. The molecule has 3 heteroatoms. The number of hydrogen-bond donors (Lipinski definition) is 0. The highest BCUT2D eigenvalue weighted by Gasteiger charge is 2.27. The Balaban J connectivity index is 2.29. The maximum atomic E-state index is 4.69.